The summed E-state index contributed by atoms with van der Waals surface area (Å²) in [6.07, 6.45) is 1.78. The van der Waals surface area contributed by atoms with Gasteiger partial charge in [0.1, 0.15) is 12.4 Å². The summed E-state index contributed by atoms with van der Waals surface area (Å²) in [6.45, 7) is 4.00. The second kappa shape index (κ2) is 12.4. The van der Waals surface area contributed by atoms with Gasteiger partial charge in [0.05, 0.1) is 23.4 Å². The number of rotatable bonds is 7. The van der Waals surface area contributed by atoms with Crippen molar-refractivity contribution in [1.82, 2.24) is 0 Å². The van der Waals surface area contributed by atoms with Crippen LogP contribution in [0, 0.1) is 19.7 Å². The van der Waals surface area contributed by atoms with Crippen LogP contribution in [0.25, 0.3) is 6.08 Å². The van der Waals surface area contributed by atoms with E-state index in [2.05, 4.69) is 0 Å². The van der Waals surface area contributed by atoms with Crippen molar-refractivity contribution >= 4 is 63.5 Å². The number of methoxy groups -OCH3 is 1. The molecule has 0 spiro atoms. The molecule has 208 valence electrons. The lowest BCUT2D eigenvalue weighted by atomic mass is 10.1. The normalized spacial score (nSPS) is 15.2. The molecule has 0 aromatic heterocycles. The third-order valence-corrected chi connectivity index (χ3v) is 8.15. The van der Waals surface area contributed by atoms with E-state index < -0.39 is 0 Å². The van der Waals surface area contributed by atoms with Crippen LogP contribution in [-0.2, 0) is 11.4 Å². The molecule has 0 bridgehead atoms. The fourth-order valence-corrected chi connectivity index (χ4v) is 5.44. The van der Waals surface area contributed by atoms with Crippen molar-refractivity contribution < 1.29 is 18.7 Å². The zero-order chi connectivity index (χ0) is 29.1. The van der Waals surface area contributed by atoms with Crippen LogP contribution in [0.5, 0.6) is 11.5 Å². The topological polar surface area (TPSA) is 51.1 Å². The Balaban J connectivity index is 1.47. The minimum atomic E-state index is -0.325. The van der Waals surface area contributed by atoms with Crippen molar-refractivity contribution in [2.75, 3.05) is 12.0 Å². The molecule has 1 heterocycles. The van der Waals surface area contributed by atoms with E-state index in [1.807, 2.05) is 44.2 Å². The highest BCUT2D eigenvalue weighted by atomic mass is 35.5. The molecule has 41 heavy (non-hydrogen) atoms. The largest absolute Gasteiger partial charge is 0.493 e. The Morgan fingerprint density at radius 2 is 1.68 bits per heavy atom. The summed E-state index contributed by atoms with van der Waals surface area (Å²) in [5.41, 5.74) is 4.51. The highest BCUT2D eigenvalue weighted by Crippen LogP contribution is 2.39. The first-order chi connectivity index (χ1) is 19.7. The molecule has 9 heteroatoms. The molecule has 1 aliphatic rings. The molecule has 1 saturated heterocycles. The predicted octanol–water partition coefficient (Wildman–Crippen LogP) is 9.15. The standard InChI is InChI=1S/C32H25Cl2FN2O3S/c1-19-7-10-24(16-26(19)33)36-32-37(25-11-8-20(2)27(34)17-25)31(38)30(41-32)15-21-9-12-28(29(14-21)39-3)40-18-22-5-4-6-23(35)13-22/h4-17H,18H2,1-3H3/b30-15+,36-32?. The van der Waals surface area contributed by atoms with E-state index in [0.29, 0.717) is 48.6 Å². The van der Waals surface area contributed by atoms with Gasteiger partial charge in [0.2, 0.25) is 0 Å². The van der Waals surface area contributed by atoms with E-state index in [9.17, 15) is 9.18 Å². The number of amides is 1. The Morgan fingerprint density at radius 1 is 0.927 bits per heavy atom. The lowest BCUT2D eigenvalue weighted by molar-refractivity contribution is -0.113. The van der Waals surface area contributed by atoms with Gasteiger partial charge in [-0.1, -0.05) is 53.5 Å². The fraction of sp³-hybridized carbons (Fsp3) is 0.125. The van der Waals surface area contributed by atoms with Crippen LogP contribution in [0.15, 0.2) is 88.8 Å². The molecule has 0 atom stereocenters. The summed E-state index contributed by atoms with van der Waals surface area (Å²) in [5.74, 6) is 0.418. The fourth-order valence-electron chi connectivity index (χ4n) is 4.09. The molecule has 4 aromatic carbocycles. The molecule has 0 N–H and O–H groups in total. The first-order valence-corrected chi connectivity index (χ1v) is 14.2. The van der Waals surface area contributed by atoms with Gasteiger partial charge in [-0.2, -0.15) is 0 Å². The van der Waals surface area contributed by atoms with Gasteiger partial charge in [-0.15, -0.1) is 0 Å². The Labute approximate surface area is 252 Å². The first-order valence-electron chi connectivity index (χ1n) is 12.6. The van der Waals surface area contributed by atoms with Gasteiger partial charge in [-0.25, -0.2) is 9.38 Å². The molecular formula is C32H25Cl2FN2O3S. The molecule has 5 rings (SSSR count). The van der Waals surface area contributed by atoms with Crippen LogP contribution < -0.4 is 14.4 Å². The highest BCUT2D eigenvalue weighted by molar-refractivity contribution is 8.19. The summed E-state index contributed by atoms with van der Waals surface area (Å²) >= 11 is 14.0. The Bertz CT molecular complexity index is 1710. The van der Waals surface area contributed by atoms with Gasteiger partial charge >= 0.3 is 0 Å². The van der Waals surface area contributed by atoms with Crippen molar-refractivity contribution in [2.24, 2.45) is 4.99 Å². The van der Waals surface area contributed by atoms with Crippen molar-refractivity contribution in [3.63, 3.8) is 0 Å². The number of aliphatic imine (C=N–C) groups is 1. The van der Waals surface area contributed by atoms with Crippen molar-refractivity contribution in [1.29, 1.82) is 0 Å². The number of amidine groups is 1. The average Bonchev–Trinajstić information content (AvgIpc) is 3.25. The number of ether oxygens (including phenoxy) is 2. The number of anilines is 1. The van der Waals surface area contributed by atoms with Gasteiger partial charge in [-0.3, -0.25) is 9.69 Å². The molecule has 4 aromatic rings. The zero-order valence-corrected chi connectivity index (χ0v) is 24.8. The van der Waals surface area contributed by atoms with Crippen LogP contribution in [0.4, 0.5) is 15.8 Å². The smallest absolute Gasteiger partial charge is 0.271 e. The van der Waals surface area contributed by atoms with Gasteiger partial charge in [0.15, 0.2) is 16.7 Å². The number of aryl methyl sites for hydroxylation is 2. The van der Waals surface area contributed by atoms with Crippen LogP contribution in [0.2, 0.25) is 10.0 Å². The summed E-state index contributed by atoms with van der Waals surface area (Å²) < 4.78 is 25.0. The monoisotopic (exact) mass is 606 g/mol. The van der Waals surface area contributed by atoms with Crippen LogP contribution in [-0.4, -0.2) is 18.2 Å². The molecule has 0 saturated carbocycles. The molecule has 0 aliphatic carbocycles. The van der Waals surface area contributed by atoms with Gasteiger partial charge in [0, 0.05) is 10.0 Å². The van der Waals surface area contributed by atoms with Gasteiger partial charge in [0.25, 0.3) is 5.91 Å². The third kappa shape index (κ3) is 6.59. The zero-order valence-electron chi connectivity index (χ0n) is 22.5. The molecule has 1 aliphatic heterocycles. The quantitative estimate of drug-likeness (QED) is 0.197. The molecule has 1 amide bonds. The Morgan fingerprint density at radius 3 is 2.39 bits per heavy atom. The van der Waals surface area contributed by atoms with Crippen molar-refractivity contribution in [2.45, 2.75) is 20.5 Å². The van der Waals surface area contributed by atoms with E-state index in [1.165, 1.54) is 31.0 Å². The first kappa shape index (κ1) is 28.7. The second-order valence-corrected chi connectivity index (χ2v) is 11.2. The van der Waals surface area contributed by atoms with Crippen molar-refractivity contribution in [3.05, 3.63) is 122 Å². The summed E-state index contributed by atoms with van der Waals surface area (Å²) in [5, 5.41) is 1.62. The number of thioether (sulfide) groups is 1. The molecule has 0 radical (unpaired) electrons. The third-order valence-electron chi connectivity index (χ3n) is 6.37. The summed E-state index contributed by atoms with van der Waals surface area (Å²) in [7, 11) is 1.54. The number of carbonyl (C=O) groups is 1. The van der Waals surface area contributed by atoms with Gasteiger partial charge < -0.3 is 9.47 Å². The maximum atomic E-state index is 13.7. The number of nitrogens with zero attached hydrogens (tertiary/aromatic N) is 2. The number of benzene rings is 4. The number of hydrogen-bond acceptors (Lipinski definition) is 5. The lowest BCUT2D eigenvalue weighted by Gasteiger charge is -2.16. The molecule has 5 nitrogen and oxygen atoms in total. The van der Waals surface area contributed by atoms with Crippen LogP contribution >= 0.6 is 35.0 Å². The molecule has 1 fully saturated rings. The minimum absolute atomic E-state index is 0.180. The number of halogens is 3. The van der Waals surface area contributed by atoms with E-state index in [-0.39, 0.29) is 18.3 Å². The SMILES string of the molecule is COc1cc(/C=C2/SC(=Nc3ccc(C)c(Cl)c3)N(c3ccc(C)c(Cl)c3)C2=O)ccc1OCc1cccc(F)c1. The second-order valence-electron chi connectivity index (χ2n) is 9.34. The lowest BCUT2D eigenvalue weighted by Crippen LogP contribution is -2.28. The predicted molar refractivity (Wildman–Crippen MR) is 166 cm³/mol. The summed E-state index contributed by atoms with van der Waals surface area (Å²) in [4.78, 5) is 20.5. The van der Waals surface area contributed by atoms with E-state index in [1.54, 1.807) is 47.4 Å². The van der Waals surface area contributed by atoms with E-state index in [0.717, 1.165) is 16.7 Å². The van der Waals surface area contributed by atoms with Gasteiger partial charge in [-0.05, 0) is 102 Å². The maximum Gasteiger partial charge on any atom is 0.271 e. The Kier molecular flexibility index (Phi) is 8.68. The average molecular weight is 608 g/mol. The number of carbonyl (C=O) groups excluding carboxylic acids is 1. The number of hydrogen-bond donors (Lipinski definition) is 0. The summed E-state index contributed by atoms with van der Waals surface area (Å²) in [6, 6.07) is 22.6. The van der Waals surface area contributed by atoms with Crippen molar-refractivity contribution in [3.8, 4) is 11.5 Å². The highest BCUT2D eigenvalue weighted by Gasteiger charge is 2.35. The van der Waals surface area contributed by atoms with Crippen LogP contribution in [0.3, 0.4) is 0 Å². The minimum Gasteiger partial charge on any atom is -0.493 e. The Hall–Kier alpha value is -3.78. The molecule has 0 unspecified atom stereocenters. The maximum absolute atomic E-state index is 13.7. The molecular weight excluding hydrogens is 582 g/mol. The van der Waals surface area contributed by atoms with Crippen LogP contribution in [0.1, 0.15) is 22.3 Å². The van der Waals surface area contributed by atoms with E-state index >= 15 is 0 Å². The van der Waals surface area contributed by atoms with E-state index in [4.69, 9.17) is 37.7 Å².